The molecule has 5 heteroatoms. The fourth-order valence-corrected chi connectivity index (χ4v) is 3.60. The molecule has 1 aliphatic rings. The van der Waals surface area contributed by atoms with Crippen molar-refractivity contribution in [1.82, 2.24) is 5.32 Å². The Balaban J connectivity index is 2.87. The molecule has 0 aromatic rings. The Kier molecular flexibility index (Phi) is 9.40. The van der Waals surface area contributed by atoms with E-state index in [1.165, 1.54) is 0 Å². The fraction of sp³-hybridized carbons (Fsp3) is 0.727. The second kappa shape index (κ2) is 10.8. The maximum absolute atomic E-state index is 13.0. The van der Waals surface area contributed by atoms with Crippen LogP contribution in [0.1, 0.15) is 60.3 Å². The fourth-order valence-electron chi connectivity index (χ4n) is 3.60. The van der Waals surface area contributed by atoms with Gasteiger partial charge in [-0.15, -0.1) is 0 Å². The zero-order chi connectivity index (χ0) is 20.6. The molecule has 1 rings (SSSR count). The number of esters is 1. The van der Waals surface area contributed by atoms with Gasteiger partial charge in [-0.3, -0.25) is 9.59 Å². The molecule has 1 saturated heterocycles. The van der Waals surface area contributed by atoms with Crippen molar-refractivity contribution in [2.45, 2.75) is 78.0 Å². The van der Waals surface area contributed by atoms with Gasteiger partial charge in [0.2, 0.25) is 0 Å². The largest absolute Gasteiger partial charge is 0.460 e. The average Bonchev–Trinajstić information content (AvgIpc) is 3.07. The first-order valence-corrected chi connectivity index (χ1v) is 9.89. The average molecular weight is 380 g/mol. The van der Waals surface area contributed by atoms with Gasteiger partial charge in [0.15, 0.2) is 0 Å². The van der Waals surface area contributed by atoms with Gasteiger partial charge in [-0.05, 0) is 53.5 Å². The summed E-state index contributed by atoms with van der Waals surface area (Å²) in [5.74, 6) is -1.06. The molecule has 1 fully saturated rings. The van der Waals surface area contributed by atoms with Crippen molar-refractivity contribution < 1.29 is 19.1 Å². The molecular formula is C22H37NO4. The summed E-state index contributed by atoms with van der Waals surface area (Å²) in [7, 11) is 1.65. The van der Waals surface area contributed by atoms with Crippen molar-refractivity contribution in [1.29, 1.82) is 0 Å². The quantitative estimate of drug-likeness (QED) is 0.462. The van der Waals surface area contributed by atoms with Gasteiger partial charge < -0.3 is 14.8 Å². The van der Waals surface area contributed by atoms with Gasteiger partial charge >= 0.3 is 5.97 Å². The van der Waals surface area contributed by atoms with E-state index in [0.29, 0.717) is 6.42 Å². The Morgan fingerprint density at radius 3 is 2.44 bits per heavy atom. The van der Waals surface area contributed by atoms with Crippen LogP contribution >= 0.6 is 0 Å². The molecule has 27 heavy (non-hydrogen) atoms. The molecule has 0 saturated carbocycles. The summed E-state index contributed by atoms with van der Waals surface area (Å²) in [5.41, 5.74) is 0.421. The predicted molar refractivity (Wildman–Crippen MR) is 109 cm³/mol. The third-order valence-electron chi connectivity index (χ3n) is 4.93. The molecule has 0 unspecified atom stereocenters. The van der Waals surface area contributed by atoms with Gasteiger partial charge in [0.25, 0.3) is 0 Å². The van der Waals surface area contributed by atoms with E-state index in [2.05, 4.69) is 11.9 Å². The Labute approximate surface area is 164 Å². The Hall–Kier alpha value is -1.46. The molecule has 0 amide bonds. The normalized spacial score (nSPS) is 21.4. The van der Waals surface area contributed by atoms with E-state index in [9.17, 15) is 9.59 Å². The number of hydrogen-bond acceptors (Lipinski definition) is 5. The van der Waals surface area contributed by atoms with E-state index in [1.807, 2.05) is 40.7 Å². The van der Waals surface area contributed by atoms with Crippen molar-refractivity contribution in [3.63, 3.8) is 0 Å². The lowest BCUT2D eigenvalue weighted by Crippen LogP contribution is -2.43. The number of Topliss-reactive ketones (excluding diaryl/α,β-unsaturated/α-hetero) is 1. The first-order valence-electron chi connectivity index (χ1n) is 9.89. The van der Waals surface area contributed by atoms with E-state index >= 15 is 0 Å². The molecule has 0 spiro atoms. The van der Waals surface area contributed by atoms with Crippen molar-refractivity contribution in [2.75, 3.05) is 13.7 Å². The second-order valence-electron chi connectivity index (χ2n) is 8.55. The van der Waals surface area contributed by atoms with Gasteiger partial charge in [0, 0.05) is 25.5 Å². The molecule has 0 aliphatic carbocycles. The minimum atomic E-state index is -0.580. The zero-order valence-corrected chi connectivity index (χ0v) is 17.8. The number of ketones is 1. The van der Waals surface area contributed by atoms with Crippen molar-refractivity contribution in [3.05, 3.63) is 24.3 Å². The summed E-state index contributed by atoms with van der Waals surface area (Å²) in [6.07, 6.45) is 6.13. The summed E-state index contributed by atoms with van der Waals surface area (Å²) in [6, 6.07) is 0.191. The molecule has 5 nitrogen and oxygen atoms in total. The van der Waals surface area contributed by atoms with E-state index in [4.69, 9.17) is 9.47 Å². The van der Waals surface area contributed by atoms with Crippen LogP contribution < -0.4 is 5.32 Å². The molecule has 4 atom stereocenters. The maximum Gasteiger partial charge on any atom is 0.310 e. The van der Waals surface area contributed by atoms with Crippen LogP contribution in [0.5, 0.6) is 0 Å². The molecule has 0 aromatic carbocycles. The highest BCUT2D eigenvalue weighted by Gasteiger charge is 2.35. The lowest BCUT2D eigenvalue weighted by Gasteiger charge is -2.29. The molecule has 0 bridgehead atoms. The number of methoxy groups -OCH3 is 1. The zero-order valence-electron chi connectivity index (χ0n) is 17.8. The summed E-state index contributed by atoms with van der Waals surface area (Å²) < 4.78 is 11.2. The third kappa shape index (κ3) is 7.97. The van der Waals surface area contributed by atoms with Crippen LogP contribution in [-0.2, 0) is 19.1 Å². The van der Waals surface area contributed by atoms with Gasteiger partial charge in [-0.25, -0.2) is 0 Å². The number of carbonyl (C=O) groups excluding carboxylic acids is 2. The highest BCUT2D eigenvalue weighted by Crippen LogP contribution is 2.26. The van der Waals surface area contributed by atoms with Gasteiger partial charge in [0.1, 0.15) is 11.4 Å². The summed E-state index contributed by atoms with van der Waals surface area (Å²) in [4.78, 5) is 25.6. The van der Waals surface area contributed by atoms with Crippen LogP contribution in [-0.4, -0.2) is 43.2 Å². The van der Waals surface area contributed by atoms with Crippen LogP contribution in [0.3, 0.4) is 0 Å². The smallest absolute Gasteiger partial charge is 0.310 e. The first-order chi connectivity index (χ1) is 12.6. The van der Waals surface area contributed by atoms with Gasteiger partial charge in [-0.1, -0.05) is 31.2 Å². The standard InChI is InChI=1S/C22H37NO4/c1-8-10-15(2)13-17(21(25)27-22(4,5)6)14-19(24)16(3)20(26-7)18-11-9-12-23-18/h8,10,16-18,20,23H,1,9,11-14H2,2-7H3/b15-10+/t16-,17+,18-,20+/m0/s1. The van der Waals surface area contributed by atoms with Crippen molar-refractivity contribution in [2.24, 2.45) is 11.8 Å². The summed E-state index contributed by atoms with van der Waals surface area (Å²) in [6.45, 7) is 14.0. The SMILES string of the molecule is C=C/C=C(\C)C[C@H](CC(=O)[C@H](C)[C@@H](OC)[C@@H]1CCCN1)C(=O)OC(C)(C)C. The minimum absolute atomic E-state index is 0.0396. The number of ether oxygens (including phenoxy) is 2. The topological polar surface area (TPSA) is 64.6 Å². The molecule has 0 radical (unpaired) electrons. The van der Waals surface area contributed by atoms with E-state index in [-0.39, 0.29) is 36.2 Å². The van der Waals surface area contributed by atoms with Crippen molar-refractivity contribution >= 4 is 11.8 Å². The second-order valence-corrected chi connectivity index (χ2v) is 8.55. The Morgan fingerprint density at radius 1 is 1.30 bits per heavy atom. The molecule has 1 aliphatic heterocycles. The number of hydrogen-bond donors (Lipinski definition) is 1. The van der Waals surface area contributed by atoms with E-state index in [1.54, 1.807) is 13.2 Å². The molecular weight excluding hydrogens is 342 g/mol. The van der Waals surface area contributed by atoms with Crippen molar-refractivity contribution in [3.8, 4) is 0 Å². The summed E-state index contributed by atoms with van der Waals surface area (Å²) >= 11 is 0. The van der Waals surface area contributed by atoms with Crippen LogP contribution in [0, 0.1) is 11.8 Å². The molecule has 1 N–H and O–H groups in total. The van der Waals surface area contributed by atoms with E-state index in [0.717, 1.165) is 25.0 Å². The highest BCUT2D eigenvalue weighted by molar-refractivity contribution is 5.86. The van der Waals surface area contributed by atoms with E-state index < -0.39 is 11.5 Å². The number of rotatable bonds is 10. The maximum atomic E-state index is 13.0. The summed E-state index contributed by atoms with van der Waals surface area (Å²) in [5, 5.41) is 3.41. The molecule has 1 heterocycles. The van der Waals surface area contributed by atoms with Crippen LogP contribution in [0.2, 0.25) is 0 Å². The van der Waals surface area contributed by atoms with Gasteiger partial charge in [0.05, 0.1) is 12.0 Å². The molecule has 0 aromatic heterocycles. The lowest BCUT2D eigenvalue weighted by molar-refractivity contribution is -0.161. The molecule has 154 valence electrons. The Bertz CT molecular complexity index is 541. The highest BCUT2D eigenvalue weighted by atomic mass is 16.6. The van der Waals surface area contributed by atoms with Gasteiger partial charge in [-0.2, -0.15) is 0 Å². The monoisotopic (exact) mass is 379 g/mol. The van der Waals surface area contributed by atoms with Crippen LogP contribution in [0.4, 0.5) is 0 Å². The predicted octanol–water partition coefficient (Wildman–Crippen LogP) is 3.83. The first kappa shape index (κ1) is 23.6. The van der Waals surface area contributed by atoms with Crippen LogP contribution in [0.15, 0.2) is 24.3 Å². The number of nitrogens with one attached hydrogen (secondary N) is 1. The minimum Gasteiger partial charge on any atom is -0.460 e. The Morgan fingerprint density at radius 2 is 1.96 bits per heavy atom. The number of allylic oxidation sites excluding steroid dienone is 3. The third-order valence-corrected chi connectivity index (χ3v) is 4.93. The lowest BCUT2D eigenvalue weighted by atomic mass is 9.86. The number of carbonyl (C=O) groups is 2. The van der Waals surface area contributed by atoms with Crippen LogP contribution in [0.25, 0.3) is 0 Å².